The van der Waals surface area contributed by atoms with E-state index in [2.05, 4.69) is 50.4 Å². The molecule has 0 radical (unpaired) electrons. The van der Waals surface area contributed by atoms with E-state index in [0.29, 0.717) is 0 Å². The molecule has 0 saturated heterocycles. The first-order valence-corrected chi connectivity index (χ1v) is 6.97. The Kier molecular flexibility index (Phi) is 13.5. The first kappa shape index (κ1) is 17.6. The normalized spacial score (nSPS) is 10.9. The van der Waals surface area contributed by atoms with Gasteiger partial charge in [-0.05, 0) is 37.8 Å². The molecule has 0 aliphatic carbocycles. The molecule has 1 aromatic heterocycles. The molecule has 16 heavy (non-hydrogen) atoms. The van der Waals surface area contributed by atoms with Gasteiger partial charge in [0.05, 0.1) is 0 Å². The van der Waals surface area contributed by atoms with Gasteiger partial charge in [0.15, 0.2) is 0 Å². The predicted molar refractivity (Wildman–Crippen MR) is 80.1 cm³/mol. The van der Waals surface area contributed by atoms with Crippen LogP contribution in [0.4, 0.5) is 0 Å². The van der Waals surface area contributed by atoms with Gasteiger partial charge in [0, 0.05) is 4.88 Å². The van der Waals surface area contributed by atoms with Crippen LogP contribution in [-0.4, -0.2) is 0 Å². The van der Waals surface area contributed by atoms with Crippen molar-refractivity contribution in [3.8, 4) is 0 Å². The van der Waals surface area contributed by atoms with E-state index in [9.17, 15) is 0 Å². The maximum atomic E-state index is 2.21. The summed E-state index contributed by atoms with van der Waals surface area (Å²) in [6.45, 7) is 14.3. The quantitative estimate of drug-likeness (QED) is 0.540. The van der Waals surface area contributed by atoms with Crippen LogP contribution in [0.5, 0.6) is 0 Å². The van der Waals surface area contributed by atoms with Crippen molar-refractivity contribution in [2.75, 3.05) is 0 Å². The summed E-state index contributed by atoms with van der Waals surface area (Å²) in [6.07, 6.45) is 4.34. The van der Waals surface area contributed by atoms with Gasteiger partial charge in [-0.1, -0.05) is 51.5 Å². The number of hydrogen-bond acceptors (Lipinski definition) is 1. The molecule has 0 atom stereocenters. The average Bonchev–Trinajstić information content (AvgIpc) is 2.87. The molecule has 0 N–H and O–H groups in total. The van der Waals surface area contributed by atoms with Crippen LogP contribution in [-0.2, 0) is 0 Å². The van der Waals surface area contributed by atoms with Crippen LogP contribution < -0.4 is 0 Å². The van der Waals surface area contributed by atoms with Crippen molar-refractivity contribution in [3.05, 3.63) is 40.1 Å². The van der Waals surface area contributed by atoms with Crippen LogP contribution in [0, 0.1) is 0 Å². The Hall–Kier alpha value is -0.820. The summed E-state index contributed by atoms with van der Waals surface area (Å²) in [7, 11) is 0. The smallest absolute Gasteiger partial charge is 0.0299 e. The maximum absolute atomic E-state index is 2.21. The van der Waals surface area contributed by atoms with E-state index in [1.807, 2.05) is 27.7 Å². The minimum Gasteiger partial charge on any atom is -0.144 e. The average molecular weight is 238 g/mol. The fourth-order valence-electron chi connectivity index (χ4n) is 0.999. The Morgan fingerprint density at radius 3 is 2.06 bits per heavy atom. The van der Waals surface area contributed by atoms with Crippen LogP contribution in [0.15, 0.2) is 35.2 Å². The SMILES string of the molecule is C/C=C(C)\C=C(/C)c1cccs1.CC.CC. The largest absolute Gasteiger partial charge is 0.144 e. The Morgan fingerprint density at radius 2 is 1.69 bits per heavy atom. The molecule has 1 heterocycles. The fourth-order valence-corrected chi connectivity index (χ4v) is 1.70. The second-order valence-electron chi connectivity index (χ2n) is 2.84. The molecule has 0 unspecified atom stereocenters. The zero-order valence-corrected chi connectivity index (χ0v) is 12.6. The highest BCUT2D eigenvalue weighted by Crippen LogP contribution is 2.20. The van der Waals surface area contributed by atoms with Gasteiger partial charge < -0.3 is 0 Å². The lowest BCUT2D eigenvalue weighted by Crippen LogP contribution is -1.73. The summed E-state index contributed by atoms with van der Waals surface area (Å²) in [5.74, 6) is 0. The van der Waals surface area contributed by atoms with Crippen molar-refractivity contribution in [2.45, 2.75) is 48.5 Å². The van der Waals surface area contributed by atoms with Crippen molar-refractivity contribution in [3.63, 3.8) is 0 Å². The fraction of sp³-hybridized carbons (Fsp3) is 0.467. The lowest BCUT2D eigenvalue weighted by molar-refractivity contribution is 1.47. The molecule has 0 fully saturated rings. The molecular formula is C15H26S. The molecule has 0 nitrogen and oxygen atoms in total. The highest BCUT2D eigenvalue weighted by molar-refractivity contribution is 7.11. The van der Waals surface area contributed by atoms with Gasteiger partial charge in [0.1, 0.15) is 0 Å². The second kappa shape index (κ2) is 12.3. The lowest BCUT2D eigenvalue weighted by atomic mass is 10.1. The summed E-state index contributed by atoms with van der Waals surface area (Å²) in [5, 5.41) is 2.11. The molecule has 0 aromatic carbocycles. The van der Waals surface area contributed by atoms with Crippen molar-refractivity contribution in [1.29, 1.82) is 0 Å². The molecule has 1 heteroatoms. The summed E-state index contributed by atoms with van der Waals surface area (Å²) >= 11 is 1.79. The minimum absolute atomic E-state index is 1.32. The maximum Gasteiger partial charge on any atom is 0.0299 e. The second-order valence-corrected chi connectivity index (χ2v) is 3.79. The third-order valence-electron chi connectivity index (χ3n) is 1.81. The number of hydrogen-bond donors (Lipinski definition) is 0. The third kappa shape index (κ3) is 7.47. The molecule has 0 aliphatic rings. The van der Waals surface area contributed by atoms with Crippen LogP contribution >= 0.6 is 11.3 Å². The van der Waals surface area contributed by atoms with Gasteiger partial charge in [-0.2, -0.15) is 0 Å². The van der Waals surface area contributed by atoms with E-state index in [1.54, 1.807) is 11.3 Å². The minimum atomic E-state index is 1.32. The summed E-state index contributed by atoms with van der Waals surface area (Å²) in [6, 6.07) is 4.24. The predicted octanol–water partition coefficient (Wildman–Crippen LogP) is 6.17. The van der Waals surface area contributed by atoms with E-state index in [1.165, 1.54) is 16.0 Å². The van der Waals surface area contributed by atoms with Crippen molar-refractivity contribution < 1.29 is 0 Å². The first-order chi connectivity index (χ1) is 7.74. The molecule has 0 aliphatic heterocycles. The van der Waals surface area contributed by atoms with Crippen LogP contribution in [0.1, 0.15) is 53.3 Å². The Labute approximate surface area is 106 Å². The van der Waals surface area contributed by atoms with Gasteiger partial charge in [-0.15, -0.1) is 11.3 Å². The zero-order chi connectivity index (χ0) is 13.0. The van der Waals surface area contributed by atoms with Gasteiger partial charge >= 0.3 is 0 Å². The highest BCUT2D eigenvalue weighted by atomic mass is 32.1. The summed E-state index contributed by atoms with van der Waals surface area (Å²) in [4.78, 5) is 1.36. The first-order valence-electron chi connectivity index (χ1n) is 6.09. The van der Waals surface area contributed by atoms with Crippen LogP contribution in [0.2, 0.25) is 0 Å². The standard InChI is InChI=1S/C11H14S.2C2H6/c1-4-9(2)8-10(3)11-6-5-7-12-11;2*1-2/h4-8H,1-3H3;2*1-2H3/b9-4-,10-8+;;. The molecular weight excluding hydrogens is 212 g/mol. The van der Waals surface area contributed by atoms with E-state index < -0.39 is 0 Å². The molecule has 92 valence electrons. The van der Waals surface area contributed by atoms with E-state index in [0.717, 1.165) is 0 Å². The molecule has 0 saturated carbocycles. The molecule has 0 amide bonds. The molecule has 0 spiro atoms. The molecule has 1 aromatic rings. The number of allylic oxidation sites excluding steroid dienone is 4. The van der Waals surface area contributed by atoms with Crippen LogP contribution in [0.25, 0.3) is 5.57 Å². The number of rotatable bonds is 2. The van der Waals surface area contributed by atoms with Crippen LogP contribution in [0.3, 0.4) is 0 Å². The summed E-state index contributed by atoms with van der Waals surface area (Å²) < 4.78 is 0. The summed E-state index contributed by atoms with van der Waals surface area (Å²) in [5.41, 5.74) is 2.67. The Balaban J connectivity index is 0. The number of thiophene rings is 1. The van der Waals surface area contributed by atoms with Gasteiger partial charge in [-0.3, -0.25) is 0 Å². The zero-order valence-electron chi connectivity index (χ0n) is 11.8. The van der Waals surface area contributed by atoms with Crippen molar-refractivity contribution in [2.24, 2.45) is 0 Å². The van der Waals surface area contributed by atoms with Gasteiger partial charge in [-0.25, -0.2) is 0 Å². The van der Waals surface area contributed by atoms with Crippen molar-refractivity contribution >= 4 is 16.9 Å². The highest BCUT2D eigenvalue weighted by Gasteiger charge is 1.94. The Morgan fingerprint density at radius 1 is 1.12 bits per heavy atom. The van der Waals surface area contributed by atoms with Crippen molar-refractivity contribution in [1.82, 2.24) is 0 Å². The molecule has 1 rings (SSSR count). The third-order valence-corrected chi connectivity index (χ3v) is 2.81. The topological polar surface area (TPSA) is 0 Å². The van der Waals surface area contributed by atoms with Gasteiger partial charge in [0.2, 0.25) is 0 Å². The molecule has 0 bridgehead atoms. The van der Waals surface area contributed by atoms with Gasteiger partial charge in [0.25, 0.3) is 0 Å². The van der Waals surface area contributed by atoms with E-state index >= 15 is 0 Å². The van der Waals surface area contributed by atoms with E-state index in [4.69, 9.17) is 0 Å². The Bertz CT molecular complexity index is 289. The lowest BCUT2D eigenvalue weighted by Gasteiger charge is -1.96. The monoisotopic (exact) mass is 238 g/mol. The van der Waals surface area contributed by atoms with E-state index in [-0.39, 0.29) is 0 Å².